The summed E-state index contributed by atoms with van der Waals surface area (Å²) in [6.07, 6.45) is 1.99. The molecule has 2 heterocycles. The highest BCUT2D eigenvalue weighted by atomic mass is 16.5. The van der Waals surface area contributed by atoms with Crippen LogP contribution < -0.4 is 20.1 Å². The molecule has 1 fully saturated rings. The number of likely N-dealkylation sites (N-methyl/N-ethyl adjacent to an activating group) is 1. The Morgan fingerprint density at radius 1 is 1.03 bits per heavy atom. The number of nitrogens with zero attached hydrogens (tertiary/aromatic N) is 3. The number of carbonyl (C=O) groups is 2. The minimum Gasteiger partial charge on any atom is -0.497 e. The fraction of sp³-hybridized carbons (Fsp3) is 0.455. The number of hydrogen-bond donors (Lipinski definition) is 2. The third-order valence-electron chi connectivity index (χ3n) is 5.62. The van der Waals surface area contributed by atoms with Gasteiger partial charge in [-0.1, -0.05) is 0 Å². The third kappa shape index (κ3) is 5.56. The SMILES string of the molecule is COc1ccc(OC)c(NC(=O)C(=O)NCC(c2cccn2C)N2CCN(C)CC2)c1. The largest absolute Gasteiger partial charge is 0.497 e. The van der Waals surface area contributed by atoms with E-state index >= 15 is 0 Å². The van der Waals surface area contributed by atoms with Crippen molar-refractivity contribution in [3.63, 3.8) is 0 Å². The zero-order valence-electron chi connectivity index (χ0n) is 18.6. The quantitative estimate of drug-likeness (QED) is 0.641. The summed E-state index contributed by atoms with van der Waals surface area (Å²) in [7, 11) is 7.12. The fourth-order valence-corrected chi connectivity index (χ4v) is 3.74. The van der Waals surface area contributed by atoms with Crippen molar-refractivity contribution in [2.45, 2.75) is 6.04 Å². The Morgan fingerprint density at radius 3 is 2.39 bits per heavy atom. The summed E-state index contributed by atoms with van der Waals surface area (Å²) in [5, 5.41) is 5.41. The molecular weight excluding hydrogens is 398 g/mol. The second-order valence-corrected chi connectivity index (χ2v) is 7.63. The molecule has 1 unspecified atom stereocenters. The van der Waals surface area contributed by atoms with Crippen LogP contribution in [0.4, 0.5) is 5.69 Å². The lowest BCUT2D eigenvalue weighted by Crippen LogP contribution is -2.49. The standard InChI is InChI=1S/C22H31N5O4/c1-25-10-12-27(13-11-25)19(18-6-5-9-26(18)2)15-23-21(28)22(29)24-17-14-16(30-3)7-8-20(17)31-4/h5-9,14,19H,10-13,15H2,1-4H3,(H,23,28)(H,24,29). The van der Waals surface area contributed by atoms with Gasteiger partial charge in [0.25, 0.3) is 0 Å². The van der Waals surface area contributed by atoms with E-state index in [9.17, 15) is 9.59 Å². The molecule has 1 aliphatic rings. The lowest BCUT2D eigenvalue weighted by atomic mass is 10.1. The highest BCUT2D eigenvalue weighted by Gasteiger charge is 2.27. The van der Waals surface area contributed by atoms with E-state index in [1.807, 2.05) is 19.3 Å². The summed E-state index contributed by atoms with van der Waals surface area (Å²) in [6, 6.07) is 9.02. The number of aryl methyl sites for hydroxylation is 1. The second-order valence-electron chi connectivity index (χ2n) is 7.63. The van der Waals surface area contributed by atoms with Crippen LogP contribution >= 0.6 is 0 Å². The number of carbonyl (C=O) groups excluding carboxylic acids is 2. The molecule has 9 nitrogen and oxygen atoms in total. The van der Waals surface area contributed by atoms with Crippen LogP contribution in [0.3, 0.4) is 0 Å². The van der Waals surface area contributed by atoms with Gasteiger partial charge in [0.05, 0.1) is 25.9 Å². The van der Waals surface area contributed by atoms with Crippen molar-refractivity contribution in [1.29, 1.82) is 0 Å². The van der Waals surface area contributed by atoms with Gasteiger partial charge in [-0.15, -0.1) is 0 Å². The van der Waals surface area contributed by atoms with E-state index in [-0.39, 0.29) is 6.04 Å². The van der Waals surface area contributed by atoms with Gasteiger partial charge in [0.2, 0.25) is 0 Å². The van der Waals surface area contributed by atoms with Crippen LogP contribution in [-0.4, -0.2) is 80.2 Å². The van der Waals surface area contributed by atoms with Crippen molar-refractivity contribution in [3.8, 4) is 11.5 Å². The van der Waals surface area contributed by atoms with E-state index in [4.69, 9.17) is 9.47 Å². The van der Waals surface area contributed by atoms with Gasteiger partial charge in [-0.2, -0.15) is 0 Å². The molecule has 0 spiro atoms. The minimum absolute atomic E-state index is 0.0168. The third-order valence-corrected chi connectivity index (χ3v) is 5.62. The molecule has 1 saturated heterocycles. The molecule has 1 aromatic heterocycles. The molecule has 1 atom stereocenters. The van der Waals surface area contributed by atoms with Gasteiger partial charge < -0.3 is 29.6 Å². The Labute approximate surface area is 182 Å². The number of aromatic nitrogens is 1. The molecule has 0 radical (unpaired) electrons. The van der Waals surface area contributed by atoms with Gasteiger partial charge in [-0.3, -0.25) is 14.5 Å². The number of ether oxygens (including phenoxy) is 2. The van der Waals surface area contributed by atoms with Gasteiger partial charge in [0.15, 0.2) is 0 Å². The van der Waals surface area contributed by atoms with Crippen LogP contribution in [0.25, 0.3) is 0 Å². The smallest absolute Gasteiger partial charge is 0.313 e. The van der Waals surface area contributed by atoms with E-state index < -0.39 is 11.8 Å². The zero-order chi connectivity index (χ0) is 22.4. The lowest BCUT2D eigenvalue weighted by Gasteiger charge is -2.38. The second kappa shape index (κ2) is 10.3. The Bertz CT molecular complexity index is 905. The highest BCUT2D eigenvalue weighted by molar-refractivity contribution is 6.39. The predicted octanol–water partition coefficient (Wildman–Crippen LogP) is 1.09. The number of anilines is 1. The van der Waals surface area contributed by atoms with Crippen molar-refractivity contribution < 1.29 is 19.1 Å². The minimum atomic E-state index is -0.754. The molecule has 1 aliphatic heterocycles. The summed E-state index contributed by atoms with van der Waals surface area (Å²) in [5.41, 5.74) is 1.47. The maximum Gasteiger partial charge on any atom is 0.313 e. The summed E-state index contributed by atoms with van der Waals surface area (Å²) in [5.74, 6) is -0.454. The first-order valence-electron chi connectivity index (χ1n) is 10.3. The number of hydrogen-bond acceptors (Lipinski definition) is 6. The summed E-state index contributed by atoms with van der Waals surface area (Å²) in [4.78, 5) is 29.7. The number of methoxy groups -OCH3 is 2. The molecule has 2 aromatic rings. The van der Waals surface area contributed by atoms with Crippen LogP contribution in [0, 0.1) is 0 Å². The normalized spacial score (nSPS) is 15.9. The Hall–Kier alpha value is -3.04. The molecule has 0 saturated carbocycles. The molecule has 2 amide bonds. The van der Waals surface area contributed by atoms with Crippen molar-refractivity contribution >= 4 is 17.5 Å². The van der Waals surface area contributed by atoms with Crippen LogP contribution in [0.15, 0.2) is 36.5 Å². The van der Waals surface area contributed by atoms with Crippen LogP contribution in [0.5, 0.6) is 11.5 Å². The summed E-state index contributed by atoms with van der Waals surface area (Å²) < 4.78 is 12.5. The molecule has 1 aromatic carbocycles. The maximum atomic E-state index is 12.6. The van der Waals surface area contributed by atoms with E-state index in [1.54, 1.807) is 18.2 Å². The molecule has 31 heavy (non-hydrogen) atoms. The summed E-state index contributed by atoms with van der Waals surface area (Å²) >= 11 is 0. The molecular formula is C22H31N5O4. The first-order valence-corrected chi connectivity index (χ1v) is 10.3. The molecule has 9 heteroatoms. The van der Waals surface area contributed by atoms with Crippen LogP contribution in [0.1, 0.15) is 11.7 Å². The van der Waals surface area contributed by atoms with Gasteiger partial charge in [-0.25, -0.2) is 0 Å². The van der Waals surface area contributed by atoms with E-state index in [0.29, 0.717) is 23.7 Å². The maximum absolute atomic E-state index is 12.6. The van der Waals surface area contributed by atoms with Gasteiger partial charge in [0, 0.05) is 57.7 Å². The molecule has 0 aliphatic carbocycles. The summed E-state index contributed by atoms with van der Waals surface area (Å²) in [6.45, 7) is 4.06. The topological polar surface area (TPSA) is 88.1 Å². The van der Waals surface area contributed by atoms with Gasteiger partial charge in [-0.05, 0) is 31.3 Å². The Balaban J connectivity index is 1.66. The van der Waals surface area contributed by atoms with Crippen molar-refractivity contribution in [3.05, 3.63) is 42.2 Å². The Kier molecular flexibility index (Phi) is 7.54. The fourth-order valence-electron chi connectivity index (χ4n) is 3.74. The van der Waals surface area contributed by atoms with Crippen molar-refractivity contribution in [2.75, 3.05) is 59.3 Å². The van der Waals surface area contributed by atoms with Crippen molar-refractivity contribution in [1.82, 2.24) is 19.7 Å². The lowest BCUT2D eigenvalue weighted by molar-refractivity contribution is -0.136. The Morgan fingerprint density at radius 2 is 1.77 bits per heavy atom. The number of nitrogens with one attached hydrogen (secondary N) is 2. The van der Waals surface area contributed by atoms with E-state index in [1.165, 1.54) is 14.2 Å². The molecule has 2 N–H and O–H groups in total. The average molecular weight is 430 g/mol. The van der Waals surface area contributed by atoms with E-state index in [2.05, 4.69) is 38.1 Å². The molecule has 168 valence electrons. The van der Waals surface area contributed by atoms with E-state index in [0.717, 1.165) is 31.9 Å². The number of rotatable bonds is 7. The molecule has 0 bridgehead atoms. The van der Waals surface area contributed by atoms with Gasteiger partial charge in [0.1, 0.15) is 11.5 Å². The van der Waals surface area contributed by atoms with Crippen LogP contribution in [-0.2, 0) is 16.6 Å². The predicted molar refractivity (Wildman–Crippen MR) is 118 cm³/mol. The van der Waals surface area contributed by atoms with Gasteiger partial charge >= 0.3 is 11.8 Å². The van der Waals surface area contributed by atoms with Crippen LogP contribution in [0.2, 0.25) is 0 Å². The monoisotopic (exact) mass is 429 g/mol. The number of amides is 2. The highest BCUT2D eigenvalue weighted by Crippen LogP contribution is 2.29. The number of benzene rings is 1. The van der Waals surface area contributed by atoms with Crippen molar-refractivity contribution in [2.24, 2.45) is 7.05 Å². The number of piperazine rings is 1. The average Bonchev–Trinajstić information content (AvgIpc) is 3.20. The molecule has 3 rings (SSSR count). The zero-order valence-corrected chi connectivity index (χ0v) is 18.6. The first-order chi connectivity index (χ1) is 14.9. The first kappa shape index (κ1) is 22.6.